The number of benzene rings is 4. The summed E-state index contributed by atoms with van der Waals surface area (Å²) >= 11 is 3.18. The molecule has 8 nitrogen and oxygen atoms in total. The molecule has 1 aliphatic rings. The molecule has 0 amide bonds. The highest BCUT2D eigenvalue weighted by Gasteiger charge is 2.56. The molecule has 3 heterocycles. The van der Waals surface area contributed by atoms with Crippen LogP contribution in [0.5, 0.6) is 0 Å². The average molecular weight is 924 g/mol. The van der Waals surface area contributed by atoms with Gasteiger partial charge in [-0.25, -0.2) is 15.0 Å². The maximum atomic E-state index is 13.5. The van der Waals surface area contributed by atoms with Crippen LogP contribution < -0.4 is 26.1 Å². The second-order valence-electron chi connectivity index (χ2n) is 18.9. The Morgan fingerprint density at radius 2 is 1.30 bits per heavy atom. The molecule has 7 aromatic rings. The first-order valence-electron chi connectivity index (χ1n) is 22.2. The van der Waals surface area contributed by atoms with Crippen LogP contribution in [0, 0.1) is 25.7 Å². The number of fused-ring (bicyclic) bond motifs is 1. The van der Waals surface area contributed by atoms with E-state index < -0.39 is 21.7 Å². The summed E-state index contributed by atoms with van der Waals surface area (Å²) in [6.07, 6.45) is 5.13. The van der Waals surface area contributed by atoms with Gasteiger partial charge in [-0.05, 0) is 69.8 Å². The van der Waals surface area contributed by atoms with E-state index >= 15 is 0 Å². The highest BCUT2D eigenvalue weighted by molar-refractivity contribution is 7.98. The first kappa shape index (κ1) is 46.0. The van der Waals surface area contributed by atoms with Crippen LogP contribution in [0.1, 0.15) is 58.8 Å². The van der Waals surface area contributed by atoms with E-state index in [0.717, 1.165) is 54.8 Å². The van der Waals surface area contributed by atoms with E-state index in [4.69, 9.17) is 24.1 Å². The van der Waals surface area contributed by atoms with Gasteiger partial charge in [-0.2, -0.15) is 0 Å². The molecule has 3 aromatic heterocycles. The molecular weight excluding hydrogens is 863 g/mol. The molecule has 0 radical (unpaired) electrons. The third-order valence-corrected chi connectivity index (χ3v) is 24.6. The summed E-state index contributed by atoms with van der Waals surface area (Å²) in [6.45, 7) is 16.1. The summed E-state index contributed by atoms with van der Waals surface area (Å²) in [5.41, 5.74) is 3.56. The minimum absolute atomic E-state index is 0.0238. The number of methoxy groups -OCH3 is 1. The van der Waals surface area contributed by atoms with Crippen LogP contribution in [-0.4, -0.2) is 73.5 Å². The zero-order chi connectivity index (χ0) is 45.3. The Morgan fingerprint density at radius 1 is 0.750 bits per heavy atom. The second-order valence-corrected chi connectivity index (χ2v) is 28.9. The summed E-state index contributed by atoms with van der Waals surface area (Å²) < 4.78 is 15.5. The Hall–Kier alpha value is -4.54. The van der Waals surface area contributed by atoms with Gasteiger partial charge in [0.25, 0.3) is 16.6 Å². The van der Waals surface area contributed by atoms with Crippen molar-refractivity contribution in [2.24, 2.45) is 11.8 Å². The molecule has 332 valence electrons. The van der Waals surface area contributed by atoms with Gasteiger partial charge in [-0.3, -0.25) is 4.98 Å². The molecule has 2 N–H and O–H groups in total. The summed E-state index contributed by atoms with van der Waals surface area (Å²) in [5.74, 6) is 0.744. The van der Waals surface area contributed by atoms with Crippen LogP contribution in [0.2, 0.25) is 10.1 Å². The van der Waals surface area contributed by atoms with E-state index in [1.54, 1.807) is 11.3 Å². The molecule has 12 heteroatoms. The van der Waals surface area contributed by atoms with Crippen LogP contribution in [-0.2, 0) is 9.16 Å². The van der Waals surface area contributed by atoms with Gasteiger partial charge in [0.15, 0.2) is 5.16 Å². The lowest BCUT2D eigenvalue weighted by Crippen LogP contribution is -2.67. The number of nitrogens with zero attached hydrogens (tertiary/aromatic N) is 4. The van der Waals surface area contributed by atoms with Crippen molar-refractivity contribution in [1.29, 1.82) is 0 Å². The number of hydrogen-bond donors (Lipinski definition) is 2. The van der Waals surface area contributed by atoms with Crippen molar-refractivity contribution >= 4 is 76.5 Å². The normalized spacial score (nSPS) is 18.4. The number of aryl methyl sites for hydroxylation is 2. The fourth-order valence-electron chi connectivity index (χ4n) is 10.5. The van der Waals surface area contributed by atoms with Crippen molar-refractivity contribution in [2.75, 3.05) is 25.3 Å². The molecule has 0 aliphatic heterocycles. The van der Waals surface area contributed by atoms with Gasteiger partial charge in [0.1, 0.15) is 16.3 Å². The molecule has 8 rings (SSSR count). The van der Waals surface area contributed by atoms with E-state index in [2.05, 4.69) is 137 Å². The molecule has 4 aromatic carbocycles. The van der Waals surface area contributed by atoms with Gasteiger partial charge in [-0.1, -0.05) is 168 Å². The zero-order valence-electron chi connectivity index (χ0n) is 38.5. The van der Waals surface area contributed by atoms with Crippen molar-refractivity contribution < 1.29 is 14.0 Å². The third kappa shape index (κ3) is 8.54. The highest BCUT2D eigenvalue weighted by Crippen LogP contribution is 2.50. The SMILES string of the molecule is CO[C@@H]1[C@@H](CO[Si](c2ccccc2)(c2ccccc2)C(C)(C)C)C[C@@H](Nc2nc(SC)nc(C)c2-c2nc3c(C)nccc3s2)[C@@H]1CC(C)(C)[Si](O)(c1ccccc1)c1ccccc1. The van der Waals surface area contributed by atoms with Crippen LogP contribution in [0.25, 0.3) is 20.8 Å². The predicted molar refractivity (Wildman–Crippen MR) is 272 cm³/mol. The van der Waals surface area contributed by atoms with Crippen molar-refractivity contribution in [2.45, 2.75) is 88.7 Å². The van der Waals surface area contributed by atoms with Crippen LogP contribution >= 0.6 is 23.1 Å². The number of aromatic nitrogens is 4. The number of pyridine rings is 1. The van der Waals surface area contributed by atoms with E-state index in [-0.39, 0.29) is 29.0 Å². The van der Waals surface area contributed by atoms with Crippen molar-refractivity contribution in [3.8, 4) is 10.6 Å². The highest BCUT2D eigenvalue weighted by atomic mass is 32.2. The van der Waals surface area contributed by atoms with Crippen molar-refractivity contribution in [3.05, 3.63) is 145 Å². The molecule has 4 atom stereocenters. The summed E-state index contributed by atoms with van der Waals surface area (Å²) in [5, 5.41) is 9.39. The molecule has 64 heavy (non-hydrogen) atoms. The number of anilines is 1. The number of nitrogens with one attached hydrogen (secondary N) is 1. The van der Waals surface area contributed by atoms with E-state index in [1.165, 1.54) is 22.1 Å². The van der Waals surface area contributed by atoms with E-state index in [0.29, 0.717) is 18.2 Å². The van der Waals surface area contributed by atoms with Crippen molar-refractivity contribution in [1.82, 2.24) is 19.9 Å². The smallest absolute Gasteiger partial charge is 0.261 e. The molecule has 1 fully saturated rings. The fraction of sp³-hybridized carbons (Fsp3) is 0.346. The Morgan fingerprint density at radius 3 is 1.80 bits per heavy atom. The molecular formula is C52H61N5O3S2Si2. The minimum atomic E-state index is -3.41. The topological polar surface area (TPSA) is 102 Å². The third-order valence-electron chi connectivity index (χ3n) is 13.5. The lowest BCUT2D eigenvalue weighted by Gasteiger charge is -2.45. The minimum Gasteiger partial charge on any atom is -0.424 e. The van der Waals surface area contributed by atoms with Gasteiger partial charge >= 0.3 is 0 Å². The average Bonchev–Trinajstić information content (AvgIpc) is 3.87. The molecule has 1 aliphatic carbocycles. The first-order chi connectivity index (χ1) is 30.7. The maximum absolute atomic E-state index is 13.5. The fourth-order valence-corrected chi connectivity index (χ4v) is 20.4. The number of thiazole rings is 1. The van der Waals surface area contributed by atoms with Gasteiger partial charge in [0, 0.05) is 37.8 Å². The Labute approximate surface area is 389 Å². The molecule has 0 spiro atoms. The van der Waals surface area contributed by atoms with Crippen molar-refractivity contribution in [3.63, 3.8) is 0 Å². The van der Waals surface area contributed by atoms with E-state index in [1.807, 2.05) is 69.0 Å². The van der Waals surface area contributed by atoms with Gasteiger partial charge in [0.2, 0.25) is 0 Å². The predicted octanol–water partition coefficient (Wildman–Crippen LogP) is 9.42. The number of ether oxygens (including phenoxy) is 1. The number of hydrogen-bond acceptors (Lipinski definition) is 10. The molecule has 1 saturated carbocycles. The largest absolute Gasteiger partial charge is 0.424 e. The monoisotopic (exact) mass is 923 g/mol. The molecule has 0 saturated heterocycles. The van der Waals surface area contributed by atoms with Gasteiger partial charge in [-0.15, -0.1) is 11.3 Å². The second kappa shape index (κ2) is 18.8. The molecule has 0 bridgehead atoms. The number of thioether (sulfide) groups is 1. The van der Waals surface area contributed by atoms with E-state index in [9.17, 15) is 4.80 Å². The Kier molecular flexibility index (Phi) is 13.5. The van der Waals surface area contributed by atoms with Crippen LogP contribution in [0.3, 0.4) is 0 Å². The van der Waals surface area contributed by atoms with Crippen LogP contribution in [0.15, 0.2) is 139 Å². The van der Waals surface area contributed by atoms with Gasteiger partial charge < -0.3 is 19.3 Å². The zero-order valence-corrected chi connectivity index (χ0v) is 42.1. The summed E-state index contributed by atoms with van der Waals surface area (Å²) in [7, 11) is -4.44. The summed E-state index contributed by atoms with van der Waals surface area (Å²) in [6, 6.07) is 44.3. The Balaban J connectivity index is 1.25. The quantitative estimate of drug-likeness (QED) is 0.0592. The van der Waals surface area contributed by atoms with Crippen LogP contribution in [0.4, 0.5) is 5.82 Å². The molecule has 0 unspecified atom stereocenters. The van der Waals surface area contributed by atoms with Gasteiger partial charge in [0.05, 0.1) is 27.8 Å². The number of rotatable bonds is 15. The lowest BCUT2D eigenvalue weighted by molar-refractivity contribution is 0.0149. The standard InChI is InChI=1S/C52H61N5O3S2Si2/c1-35-45(49-56-46-36(2)53-31-30-44(46)62-49)48(57-50(54-35)61-9)55-43-32-37(34-60-64(51(3,4)5,40-26-18-12-19-27-40)41-28-20-13-21-29-41)47(59-8)42(43)33-52(6,7)63(58,38-22-14-10-15-23-38)39-24-16-11-17-25-39/h10-31,37,42-43,47,58H,32-34H2,1-9H3,(H,54,55,57)/t37-,42+,43-,47-/m1/s1. The first-order valence-corrected chi connectivity index (χ1v) is 28.1. The lowest BCUT2D eigenvalue weighted by atomic mass is 9.89. The summed E-state index contributed by atoms with van der Waals surface area (Å²) in [4.78, 5) is 33.4. The Bertz CT molecular complexity index is 2590. The maximum Gasteiger partial charge on any atom is 0.261 e.